The van der Waals surface area contributed by atoms with Crippen molar-refractivity contribution in [1.29, 1.82) is 0 Å². The highest BCUT2D eigenvalue weighted by Crippen LogP contribution is 2.19. The van der Waals surface area contributed by atoms with E-state index < -0.39 is 5.82 Å². The third kappa shape index (κ3) is 5.02. The first-order valence-electron chi connectivity index (χ1n) is 5.94. The van der Waals surface area contributed by atoms with Crippen molar-refractivity contribution < 1.29 is 13.9 Å². The van der Waals surface area contributed by atoms with E-state index in [4.69, 9.17) is 16.3 Å². The average molecular weight is 274 g/mol. The lowest BCUT2D eigenvalue weighted by molar-refractivity contribution is -0.143. The van der Waals surface area contributed by atoms with Crippen LogP contribution in [0.5, 0.6) is 0 Å². The van der Waals surface area contributed by atoms with E-state index in [-0.39, 0.29) is 11.0 Å². The molecule has 3 nitrogen and oxygen atoms in total. The van der Waals surface area contributed by atoms with E-state index in [9.17, 15) is 9.18 Å². The fraction of sp³-hybridized carbons (Fsp3) is 0.462. The molecule has 0 saturated heterocycles. The number of ether oxygens (including phenoxy) is 1. The predicted octanol–water partition coefficient (Wildman–Crippen LogP) is 2.91. The number of halogens is 2. The monoisotopic (exact) mass is 273 g/mol. The van der Waals surface area contributed by atoms with Crippen molar-refractivity contribution in [2.24, 2.45) is 0 Å². The molecule has 100 valence electrons. The SMILES string of the molecule is CCOC(=O)CCCNCc1cccc(F)c1Cl. The molecule has 0 radical (unpaired) electrons. The van der Waals surface area contributed by atoms with E-state index in [0.29, 0.717) is 38.1 Å². The molecule has 1 N–H and O–H groups in total. The highest BCUT2D eigenvalue weighted by molar-refractivity contribution is 6.31. The molecular formula is C13H17ClFNO2. The minimum absolute atomic E-state index is 0.149. The Kier molecular flexibility index (Phi) is 6.68. The molecule has 0 aromatic heterocycles. The van der Waals surface area contributed by atoms with Crippen LogP contribution >= 0.6 is 11.6 Å². The van der Waals surface area contributed by atoms with E-state index in [1.54, 1.807) is 19.1 Å². The number of carbonyl (C=O) groups excluding carboxylic acids is 1. The lowest BCUT2D eigenvalue weighted by Gasteiger charge is -2.07. The van der Waals surface area contributed by atoms with Crippen molar-refractivity contribution in [3.63, 3.8) is 0 Å². The van der Waals surface area contributed by atoms with Crippen LogP contribution in [0, 0.1) is 5.82 Å². The summed E-state index contributed by atoms with van der Waals surface area (Å²) in [5.41, 5.74) is 0.716. The molecule has 1 aromatic carbocycles. The van der Waals surface area contributed by atoms with Gasteiger partial charge in [-0.2, -0.15) is 0 Å². The Morgan fingerprint density at radius 3 is 3.00 bits per heavy atom. The number of esters is 1. The number of nitrogens with one attached hydrogen (secondary N) is 1. The third-order valence-electron chi connectivity index (χ3n) is 2.39. The van der Waals surface area contributed by atoms with Gasteiger partial charge in [-0.25, -0.2) is 4.39 Å². The van der Waals surface area contributed by atoms with Gasteiger partial charge < -0.3 is 10.1 Å². The van der Waals surface area contributed by atoms with Gasteiger partial charge in [-0.15, -0.1) is 0 Å². The molecule has 1 rings (SSSR count). The Morgan fingerprint density at radius 2 is 2.28 bits per heavy atom. The summed E-state index contributed by atoms with van der Waals surface area (Å²) >= 11 is 5.81. The zero-order chi connectivity index (χ0) is 13.4. The molecule has 0 fully saturated rings. The summed E-state index contributed by atoms with van der Waals surface area (Å²) in [6.45, 7) is 3.33. The van der Waals surface area contributed by atoms with E-state index in [2.05, 4.69) is 5.32 Å². The molecule has 0 bridgehead atoms. The van der Waals surface area contributed by atoms with Crippen LogP contribution in [-0.4, -0.2) is 19.1 Å². The molecule has 0 atom stereocenters. The second-order valence-corrected chi connectivity index (χ2v) is 4.18. The van der Waals surface area contributed by atoms with Gasteiger partial charge in [0.2, 0.25) is 0 Å². The van der Waals surface area contributed by atoms with Gasteiger partial charge in [-0.3, -0.25) is 4.79 Å². The van der Waals surface area contributed by atoms with Crippen molar-refractivity contribution in [1.82, 2.24) is 5.32 Å². The second kappa shape index (κ2) is 8.06. The number of rotatable bonds is 7. The number of hydrogen-bond donors (Lipinski definition) is 1. The zero-order valence-corrected chi connectivity index (χ0v) is 11.1. The van der Waals surface area contributed by atoms with Gasteiger partial charge >= 0.3 is 5.97 Å². The van der Waals surface area contributed by atoms with Crippen molar-refractivity contribution >= 4 is 17.6 Å². The Bertz CT molecular complexity index is 399. The average Bonchev–Trinajstić information content (AvgIpc) is 2.34. The number of hydrogen-bond acceptors (Lipinski definition) is 3. The van der Waals surface area contributed by atoms with Gasteiger partial charge in [0, 0.05) is 13.0 Å². The summed E-state index contributed by atoms with van der Waals surface area (Å²) in [5, 5.41) is 3.26. The van der Waals surface area contributed by atoms with Crippen LogP contribution in [0.4, 0.5) is 4.39 Å². The molecule has 0 amide bonds. The highest BCUT2D eigenvalue weighted by Gasteiger charge is 2.05. The summed E-state index contributed by atoms with van der Waals surface area (Å²) in [6.07, 6.45) is 1.07. The van der Waals surface area contributed by atoms with Crippen molar-refractivity contribution in [2.45, 2.75) is 26.3 Å². The fourth-order valence-corrected chi connectivity index (χ4v) is 1.69. The van der Waals surface area contributed by atoms with Crippen molar-refractivity contribution in [2.75, 3.05) is 13.2 Å². The van der Waals surface area contributed by atoms with Gasteiger partial charge in [-0.1, -0.05) is 23.7 Å². The third-order valence-corrected chi connectivity index (χ3v) is 2.81. The Balaban J connectivity index is 2.22. The Hall–Kier alpha value is -1.13. The molecule has 5 heteroatoms. The normalized spacial score (nSPS) is 10.4. The van der Waals surface area contributed by atoms with E-state index in [0.717, 1.165) is 0 Å². The topological polar surface area (TPSA) is 38.3 Å². The van der Waals surface area contributed by atoms with Gasteiger partial charge in [-0.05, 0) is 31.5 Å². The van der Waals surface area contributed by atoms with Crippen LogP contribution in [0.1, 0.15) is 25.3 Å². The van der Waals surface area contributed by atoms with E-state index in [1.165, 1.54) is 6.07 Å². The molecule has 0 unspecified atom stereocenters. The summed E-state index contributed by atoms with van der Waals surface area (Å²) in [6, 6.07) is 4.72. The van der Waals surface area contributed by atoms with Crippen molar-refractivity contribution in [3.05, 3.63) is 34.6 Å². The van der Waals surface area contributed by atoms with Gasteiger partial charge in [0.15, 0.2) is 0 Å². The number of carbonyl (C=O) groups is 1. The molecular weight excluding hydrogens is 257 g/mol. The maximum absolute atomic E-state index is 13.1. The molecule has 0 saturated carbocycles. The molecule has 0 spiro atoms. The summed E-state index contributed by atoms with van der Waals surface area (Å²) < 4.78 is 17.9. The maximum Gasteiger partial charge on any atom is 0.305 e. The first kappa shape index (κ1) is 14.9. The minimum Gasteiger partial charge on any atom is -0.466 e. The zero-order valence-electron chi connectivity index (χ0n) is 10.3. The predicted molar refractivity (Wildman–Crippen MR) is 69.0 cm³/mol. The Morgan fingerprint density at radius 1 is 1.50 bits per heavy atom. The summed E-state index contributed by atoms with van der Waals surface area (Å²) in [7, 11) is 0. The smallest absolute Gasteiger partial charge is 0.305 e. The fourth-order valence-electron chi connectivity index (χ4n) is 1.50. The molecule has 1 aromatic rings. The van der Waals surface area contributed by atoms with Gasteiger partial charge in [0.1, 0.15) is 5.82 Å². The van der Waals surface area contributed by atoms with Crippen molar-refractivity contribution in [3.8, 4) is 0 Å². The maximum atomic E-state index is 13.1. The van der Waals surface area contributed by atoms with Crippen LogP contribution in [0.25, 0.3) is 0 Å². The van der Waals surface area contributed by atoms with Crippen LogP contribution in [-0.2, 0) is 16.1 Å². The van der Waals surface area contributed by atoms with E-state index >= 15 is 0 Å². The van der Waals surface area contributed by atoms with Crippen LogP contribution in [0.15, 0.2) is 18.2 Å². The lowest BCUT2D eigenvalue weighted by atomic mass is 10.2. The summed E-state index contributed by atoms with van der Waals surface area (Å²) in [5.74, 6) is -0.606. The highest BCUT2D eigenvalue weighted by atomic mass is 35.5. The second-order valence-electron chi connectivity index (χ2n) is 3.80. The molecule has 18 heavy (non-hydrogen) atoms. The first-order valence-corrected chi connectivity index (χ1v) is 6.32. The number of benzene rings is 1. The first-order chi connectivity index (χ1) is 8.65. The van der Waals surface area contributed by atoms with Crippen LogP contribution in [0.3, 0.4) is 0 Å². The van der Waals surface area contributed by atoms with E-state index in [1.807, 2.05) is 0 Å². The molecule has 0 heterocycles. The standard InChI is InChI=1S/C13H17ClFNO2/c1-2-18-12(17)7-4-8-16-9-10-5-3-6-11(15)13(10)14/h3,5-6,16H,2,4,7-9H2,1H3. The largest absolute Gasteiger partial charge is 0.466 e. The van der Waals surface area contributed by atoms with Gasteiger partial charge in [0.05, 0.1) is 11.6 Å². The quantitative estimate of drug-likeness (QED) is 0.613. The van der Waals surface area contributed by atoms with Gasteiger partial charge in [0.25, 0.3) is 0 Å². The summed E-state index contributed by atoms with van der Waals surface area (Å²) in [4.78, 5) is 11.1. The van der Waals surface area contributed by atoms with Crippen LogP contribution in [0.2, 0.25) is 5.02 Å². The Labute approximate surface area is 111 Å². The molecule has 0 aliphatic carbocycles. The minimum atomic E-state index is -0.414. The molecule has 0 aliphatic rings. The lowest BCUT2D eigenvalue weighted by Crippen LogP contribution is -2.16. The molecule has 0 aliphatic heterocycles. The van der Waals surface area contributed by atoms with Crippen LogP contribution < -0.4 is 5.32 Å².